The number of piperazine rings is 1. The van der Waals surface area contributed by atoms with Gasteiger partial charge in [0.05, 0.1) is 10.6 Å². The van der Waals surface area contributed by atoms with Gasteiger partial charge in [0.1, 0.15) is 0 Å². The van der Waals surface area contributed by atoms with E-state index in [2.05, 4.69) is 16.9 Å². The van der Waals surface area contributed by atoms with E-state index in [0.29, 0.717) is 18.0 Å². The van der Waals surface area contributed by atoms with Gasteiger partial charge in [0.25, 0.3) is 0 Å². The zero-order valence-corrected chi connectivity index (χ0v) is 19.2. The summed E-state index contributed by atoms with van der Waals surface area (Å²) in [6.07, 6.45) is 0. The number of aryl methyl sites for hydroxylation is 5. The van der Waals surface area contributed by atoms with Crippen LogP contribution in [0.4, 0.5) is 0 Å². The average Bonchev–Trinajstić information content (AvgIpc) is 2.84. The first kappa shape index (κ1) is 22.9. The van der Waals surface area contributed by atoms with Crippen molar-refractivity contribution in [2.24, 2.45) is 7.05 Å². The van der Waals surface area contributed by atoms with E-state index in [1.165, 1.54) is 11.3 Å². The molecule has 0 spiro atoms. The lowest BCUT2D eigenvalue weighted by atomic mass is 10.1. The molecule has 8 heteroatoms. The van der Waals surface area contributed by atoms with E-state index in [-0.39, 0.29) is 12.4 Å². The molecule has 156 valence electrons. The summed E-state index contributed by atoms with van der Waals surface area (Å²) in [5.74, 6) is 0. The molecule has 1 saturated heterocycles. The summed E-state index contributed by atoms with van der Waals surface area (Å²) in [6, 6.07) is 3.78. The van der Waals surface area contributed by atoms with Crippen LogP contribution in [0, 0.1) is 34.6 Å². The van der Waals surface area contributed by atoms with E-state index in [9.17, 15) is 8.42 Å². The van der Waals surface area contributed by atoms with Gasteiger partial charge in [-0.2, -0.15) is 9.40 Å². The van der Waals surface area contributed by atoms with Crippen LogP contribution in [-0.2, 0) is 23.6 Å². The van der Waals surface area contributed by atoms with Gasteiger partial charge in [-0.05, 0) is 57.4 Å². The van der Waals surface area contributed by atoms with Crippen molar-refractivity contribution in [2.45, 2.75) is 46.1 Å². The van der Waals surface area contributed by atoms with Crippen LogP contribution in [0.5, 0.6) is 0 Å². The third-order valence-corrected chi connectivity index (χ3v) is 7.82. The van der Waals surface area contributed by atoms with Gasteiger partial charge in [-0.3, -0.25) is 9.58 Å². The van der Waals surface area contributed by atoms with Gasteiger partial charge in [0.15, 0.2) is 0 Å². The molecule has 0 unspecified atom stereocenters. The molecule has 0 amide bonds. The summed E-state index contributed by atoms with van der Waals surface area (Å²) in [5.41, 5.74) is 6.43. The van der Waals surface area contributed by atoms with Crippen molar-refractivity contribution >= 4 is 22.4 Å². The second kappa shape index (κ2) is 8.53. The number of halogens is 1. The number of hydrogen-bond donors (Lipinski definition) is 0. The highest BCUT2D eigenvalue weighted by Crippen LogP contribution is 2.25. The largest absolute Gasteiger partial charge is 0.296 e. The lowest BCUT2D eigenvalue weighted by Crippen LogP contribution is -2.48. The minimum Gasteiger partial charge on any atom is -0.296 e. The van der Waals surface area contributed by atoms with Gasteiger partial charge in [-0.15, -0.1) is 12.4 Å². The topological polar surface area (TPSA) is 58.4 Å². The van der Waals surface area contributed by atoms with Crippen LogP contribution in [-0.4, -0.2) is 53.6 Å². The molecule has 2 aromatic rings. The van der Waals surface area contributed by atoms with Gasteiger partial charge in [-0.25, -0.2) is 8.42 Å². The highest BCUT2D eigenvalue weighted by atomic mass is 35.5. The van der Waals surface area contributed by atoms with Gasteiger partial charge in [0.2, 0.25) is 10.0 Å². The molecule has 0 radical (unpaired) electrons. The number of aromatic nitrogens is 2. The van der Waals surface area contributed by atoms with Crippen LogP contribution < -0.4 is 0 Å². The van der Waals surface area contributed by atoms with Gasteiger partial charge in [-0.1, -0.05) is 6.07 Å². The Morgan fingerprint density at radius 1 is 0.929 bits per heavy atom. The van der Waals surface area contributed by atoms with E-state index in [4.69, 9.17) is 0 Å². The van der Waals surface area contributed by atoms with E-state index >= 15 is 0 Å². The molecule has 0 aliphatic carbocycles. The highest BCUT2D eigenvalue weighted by Gasteiger charge is 2.30. The number of rotatable bonds is 4. The van der Waals surface area contributed by atoms with Crippen LogP contribution >= 0.6 is 12.4 Å². The normalized spacial score (nSPS) is 16.2. The third kappa shape index (κ3) is 4.27. The molecule has 1 aromatic carbocycles. The second-order valence-corrected chi connectivity index (χ2v) is 9.56. The van der Waals surface area contributed by atoms with Crippen molar-refractivity contribution in [1.29, 1.82) is 0 Å². The van der Waals surface area contributed by atoms with E-state index in [0.717, 1.165) is 42.0 Å². The number of hydrogen-bond acceptors (Lipinski definition) is 4. The smallest absolute Gasteiger partial charge is 0.243 e. The third-order valence-electron chi connectivity index (χ3n) is 5.78. The van der Waals surface area contributed by atoms with Crippen LogP contribution in [0.25, 0.3) is 0 Å². The molecule has 2 heterocycles. The summed E-state index contributed by atoms with van der Waals surface area (Å²) >= 11 is 0. The van der Waals surface area contributed by atoms with E-state index in [1.54, 1.807) is 4.31 Å². The number of sulfonamides is 1. The first-order valence-corrected chi connectivity index (χ1v) is 10.8. The van der Waals surface area contributed by atoms with Crippen molar-refractivity contribution < 1.29 is 8.42 Å². The Hall–Kier alpha value is -1.41. The summed E-state index contributed by atoms with van der Waals surface area (Å²) in [7, 11) is -1.49. The first-order valence-electron chi connectivity index (χ1n) is 9.40. The van der Waals surface area contributed by atoms with Gasteiger partial charge >= 0.3 is 0 Å². The maximum Gasteiger partial charge on any atom is 0.243 e. The fraction of sp³-hybridized carbons (Fsp3) is 0.550. The lowest BCUT2D eigenvalue weighted by molar-refractivity contribution is 0.181. The van der Waals surface area contributed by atoms with Crippen molar-refractivity contribution in [1.82, 2.24) is 19.0 Å². The van der Waals surface area contributed by atoms with Crippen LogP contribution in [0.2, 0.25) is 0 Å². The Kier molecular flexibility index (Phi) is 6.97. The molecule has 6 nitrogen and oxygen atoms in total. The fourth-order valence-corrected chi connectivity index (χ4v) is 5.46. The molecule has 0 atom stereocenters. The standard InChI is InChI=1S/C20H30N4O2S.ClH/c1-14-11-16(3)20(12-15(14)2)27(25,26)24-9-7-23(8-10-24)13-19-17(4)21-22(6)18(19)5;/h11-12H,7-10,13H2,1-6H3;1H. The molecule has 0 bridgehead atoms. The summed E-state index contributed by atoms with van der Waals surface area (Å²) in [5, 5.41) is 4.48. The Labute approximate surface area is 175 Å². The van der Waals surface area contributed by atoms with Crippen LogP contribution in [0.1, 0.15) is 33.6 Å². The van der Waals surface area contributed by atoms with Crippen LogP contribution in [0.3, 0.4) is 0 Å². The molecule has 1 aromatic heterocycles. The molecule has 28 heavy (non-hydrogen) atoms. The highest BCUT2D eigenvalue weighted by molar-refractivity contribution is 7.89. The monoisotopic (exact) mass is 426 g/mol. The zero-order valence-electron chi connectivity index (χ0n) is 17.6. The Morgan fingerprint density at radius 3 is 2.04 bits per heavy atom. The van der Waals surface area contributed by atoms with Gasteiger partial charge in [0, 0.05) is 51.0 Å². The summed E-state index contributed by atoms with van der Waals surface area (Å²) in [4.78, 5) is 2.76. The first-order chi connectivity index (χ1) is 12.6. The maximum atomic E-state index is 13.1. The average molecular weight is 427 g/mol. The molecule has 1 aliphatic rings. The SMILES string of the molecule is Cc1cc(C)c(S(=O)(=O)N2CCN(Cc3c(C)nn(C)c3C)CC2)cc1C.Cl. The van der Waals surface area contributed by atoms with Crippen molar-refractivity contribution in [2.75, 3.05) is 26.2 Å². The Bertz CT molecular complexity index is 961. The van der Waals surface area contributed by atoms with Crippen LogP contribution in [0.15, 0.2) is 17.0 Å². The Balaban J connectivity index is 0.00000280. The van der Waals surface area contributed by atoms with Gasteiger partial charge < -0.3 is 0 Å². The quantitative estimate of drug-likeness (QED) is 0.754. The minimum atomic E-state index is -3.45. The van der Waals surface area contributed by atoms with E-state index < -0.39 is 10.0 Å². The molecule has 3 rings (SSSR count). The predicted molar refractivity (Wildman–Crippen MR) is 115 cm³/mol. The maximum absolute atomic E-state index is 13.1. The predicted octanol–water partition coefficient (Wildman–Crippen LogP) is 2.89. The minimum absolute atomic E-state index is 0. The molecule has 1 aliphatic heterocycles. The molecular formula is C20H31ClN4O2S. The van der Waals surface area contributed by atoms with E-state index in [1.807, 2.05) is 51.6 Å². The summed E-state index contributed by atoms with van der Waals surface area (Å²) in [6.45, 7) is 13.3. The number of benzene rings is 1. The van der Waals surface area contributed by atoms with Crippen molar-refractivity contribution in [3.8, 4) is 0 Å². The molecule has 0 saturated carbocycles. The van der Waals surface area contributed by atoms with Crippen molar-refractivity contribution in [3.63, 3.8) is 0 Å². The zero-order chi connectivity index (χ0) is 19.9. The molecule has 0 N–H and O–H groups in total. The lowest BCUT2D eigenvalue weighted by Gasteiger charge is -2.34. The second-order valence-electron chi connectivity index (χ2n) is 7.66. The Morgan fingerprint density at radius 2 is 1.50 bits per heavy atom. The van der Waals surface area contributed by atoms with Crippen molar-refractivity contribution in [3.05, 3.63) is 45.8 Å². The molecule has 1 fully saturated rings. The number of nitrogens with zero attached hydrogens (tertiary/aromatic N) is 4. The fourth-order valence-electron chi connectivity index (χ4n) is 3.75. The summed E-state index contributed by atoms with van der Waals surface area (Å²) < 4.78 is 29.8. The molecular weight excluding hydrogens is 396 g/mol.